The lowest BCUT2D eigenvalue weighted by atomic mass is 10.3. The van der Waals surface area contributed by atoms with Crippen molar-refractivity contribution in [2.75, 3.05) is 25.1 Å². The summed E-state index contributed by atoms with van der Waals surface area (Å²) in [5.41, 5.74) is 5.65. The predicted molar refractivity (Wildman–Crippen MR) is 65.4 cm³/mol. The SMILES string of the molecule is CCN(C)C(=O)CS(=O)c1ccc(N)cc1F. The zero-order valence-electron chi connectivity index (χ0n) is 9.77. The third-order valence-electron chi connectivity index (χ3n) is 2.36. The number of amides is 1. The van der Waals surface area contributed by atoms with Gasteiger partial charge in [0.1, 0.15) is 11.6 Å². The molecular weight excluding hydrogens is 243 g/mol. The Morgan fingerprint density at radius 3 is 2.71 bits per heavy atom. The van der Waals surface area contributed by atoms with Crippen LogP contribution in [0, 0.1) is 5.82 Å². The molecule has 0 aliphatic heterocycles. The fraction of sp³-hybridized carbons (Fsp3) is 0.364. The first-order chi connectivity index (χ1) is 7.95. The van der Waals surface area contributed by atoms with E-state index in [1.165, 1.54) is 17.0 Å². The van der Waals surface area contributed by atoms with E-state index < -0.39 is 16.6 Å². The van der Waals surface area contributed by atoms with E-state index >= 15 is 0 Å². The zero-order valence-corrected chi connectivity index (χ0v) is 10.6. The van der Waals surface area contributed by atoms with Crippen molar-refractivity contribution in [1.82, 2.24) is 4.90 Å². The second-order valence-corrected chi connectivity index (χ2v) is 5.01. The van der Waals surface area contributed by atoms with Gasteiger partial charge in [-0.2, -0.15) is 0 Å². The Kier molecular flexibility index (Phi) is 4.62. The number of carbonyl (C=O) groups is 1. The van der Waals surface area contributed by atoms with Crippen molar-refractivity contribution < 1.29 is 13.4 Å². The number of nitrogen functional groups attached to an aromatic ring is 1. The molecule has 1 aromatic rings. The monoisotopic (exact) mass is 258 g/mol. The topological polar surface area (TPSA) is 63.4 Å². The molecule has 1 amide bonds. The Morgan fingerprint density at radius 1 is 1.53 bits per heavy atom. The lowest BCUT2D eigenvalue weighted by molar-refractivity contribution is -0.126. The molecule has 0 radical (unpaired) electrons. The summed E-state index contributed by atoms with van der Waals surface area (Å²) in [6.07, 6.45) is 0. The van der Waals surface area contributed by atoms with Crippen molar-refractivity contribution in [3.8, 4) is 0 Å². The molecule has 0 heterocycles. The van der Waals surface area contributed by atoms with E-state index in [4.69, 9.17) is 5.73 Å². The molecule has 0 aliphatic rings. The smallest absolute Gasteiger partial charge is 0.235 e. The average Bonchev–Trinajstić information content (AvgIpc) is 2.27. The van der Waals surface area contributed by atoms with Crippen molar-refractivity contribution in [3.05, 3.63) is 24.0 Å². The molecule has 0 fully saturated rings. The number of halogens is 1. The lowest BCUT2D eigenvalue weighted by Crippen LogP contribution is -2.30. The van der Waals surface area contributed by atoms with Crippen LogP contribution in [0.1, 0.15) is 6.92 Å². The maximum absolute atomic E-state index is 13.4. The van der Waals surface area contributed by atoms with Crippen molar-refractivity contribution in [3.63, 3.8) is 0 Å². The maximum Gasteiger partial charge on any atom is 0.235 e. The van der Waals surface area contributed by atoms with Crippen LogP contribution in [0.3, 0.4) is 0 Å². The van der Waals surface area contributed by atoms with Gasteiger partial charge in [-0.3, -0.25) is 9.00 Å². The van der Waals surface area contributed by atoms with Gasteiger partial charge in [-0.1, -0.05) is 0 Å². The molecule has 2 N–H and O–H groups in total. The van der Waals surface area contributed by atoms with Crippen LogP contribution >= 0.6 is 0 Å². The van der Waals surface area contributed by atoms with E-state index in [9.17, 15) is 13.4 Å². The van der Waals surface area contributed by atoms with E-state index in [0.717, 1.165) is 6.07 Å². The molecule has 0 saturated carbocycles. The second-order valence-electron chi connectivity index (χ2n) is 3.59. The fourth-order valence-corrected chi connectivity index (χ4v) is 2.27. The first-order valence-electron chi connectivity index (χ1n) is 5.13. The van der Waals surface area contributed by atoms with Crippen LogP contribution in [0.4, 0.5) is 10.1 Å². The molecule has 1 rings (SSSR count). The molecule has 17 heavy (non-hydrogen) atoms. The highest BCUT2D eigenvalue weighted by molar-refractivity contribution is 7.85. The van der Waals surface area contributed by atoms with Gasteiger partial charge < -0.3 is 10.6 Å². The van der Waals surface area contributed by atoms with E-state index in [2.05, 4.69) is 0 Å². The van der Waals surface area contributed by atoms with E-state index in [1.54, 1.807) is 7.05 Å². The Balaban J connectivity index is 2.80. The molecule has 1 atom stereocenters. The summed E-state index contributed by atoms with van der Waals surface area (Å²) in [5.74, 6) is -1.14. The van der Waals surface area contributed by atoms with Crippen LogP contribution in [-0.2, 0) is 15.6 Å². The van der Waals surface area contributed by atoms with Gasteiger partial charge in [0.05, 0.1) is 15.7 Å². The molecule has 0 saturated heterocycles. The van der Waals surface area contributed by atoms with Gasteiger partial charge in [0.2, 0.25) is 5.91 Å². The normalized spacial score (nSPS) is 12.2. The molecule has 6 heteroatoms. The fourth-order valence-electron chi connectivity index (χ4n) is 1.18. The molecule has 1 unspecified atom stereocenters. The van der Waals surface area contributed by atoms with Crippen LogP contribution in [0.5, 0.6) is 0 Å². The van der Waals surface area contributed by atoms with Crippen LogP contribution in [0.15, 0.2) is 23.1 Å². The summed E-state index contributed by atoms with van der Waals surface area (Å²) < 4.78 is 25.2. The summed E-state index contributed by atoms with van der Waals surface area (Å²) >= 11 is 0. The Labute approximate surface area is 102 Å². The Morgan fingerprint density at radius 2 is 2.18 bits per heavy atom. The van der Waals surface area contributed by atoms with Crippen molar-refractivity contribution in [2.24, 2.45) is 0 Å². The highest BCUT2D eigenvalue weighted by Gasteiger charge is 2.16. The molecule has 0 spiro atoms. The molecule has 94 valence electrons. The molecule has 4 nitrogen and oxygen atoms in total. The standard InChI is InChI=1S/C11H15FN2O2S/c1-3-14(2)11(15)7-17(16)10-5-4-8(13)6-9(10)12/h4-6H,3,7,13H2,1-2H3. The van der Waals surface area contributed by atoms with Gasteiger partial charge >= 0.3 is 0 Å². The summed E-state index contributed by atoms with van der Waals surface area (Å²) in [4.78, 5) is 13.0. The first-order valence-corrected chi connectivity index (χ1v) is 6.45. The average molecular weight is 258 g/mol. The number of benzene rings is 1. The number of nitrogens with two attached hydrogens (primary N) is 1. The predicted octanol–water partition coefficient (Wildman–Crippen LogP) is 0.994. The number of nitrogens with zero attached hydrogens (tertiary/aromatic N) is 1. The molecule has 0 bridgehead atoms. The number of carbonyl (C=O) groups excluding carboxylic acids is 1. The molecule has 1 aromatic carbocycles. The van der Waals surface area contributed by atoms with Crippen LogP contribution in [0.25, 0.3) is 0 Å². The Bertz CT molecular complexity index is 451. The minimum Gasteiger partial charge on any atom is -0.399 e. The van der Waals surface area contributed by atoms with Crippen molar-refractivity contribution in [2.45, 2.75) is 11.8 Å². The third kappa shape index (κ3) is 3.52. The molecule has 0 aromatic heterocycles. The van der Waals surface area contributed by atoms with E-state index in [1.807, 2.05) is 6.92 Å². The van der Waals surface area contributed by atoms with E-state index in [-0.39, 0.29) is 22.2 Å². The van der Waals surface area contributed by atoms with Gasteiger partial charge in [0.25, 0.3) is 0 Å². The highest BCUT2D eigenvalue weighted by Crippen LogP contribution is 2.16. The number of rotatable bonds is 4. The zero-order chi connectivity index (χ0) is 13.0. The minimum absolute atomic E-state index is 0.0112. The van der Waals surface area contributed by atoms with Crippen molar-refractivity contribution >= 4 is 22.4 Å². The van der Waals surface area contributed by atoms with Gasteiger partial charge in [-0.15, -0.1) is 0 Å². The van der Waals surface area contributed by atoms with Gasteiger partial charge in [-0.05, 0) is 25.1 Å². The summed E-state index contributed by atoms with van der Waals surface area (Å²) in [6, 6.07) is 3.91. The highest BCUT2D eigenvalue weighted by atomic mass is 32.2. The van der Waals surface area contributed by atoms with Gasteiger partial charge in [0, 0.05) is 19.3 Å². The quantitative estimate of drug-likeness (QED) is 0.819. The molecular formula is C11H15FN2O2S. The summed E-state index contributed by atoms with van der Waals surface area (Å²) in [6.45, 7) is 2.34. The van der Waals surface area contributed by atoms with Gasteiger partial charge in [-0.25, -0.2) is 4.39 Å². The number of hydrogen-bond donors (Lipinski definition) is 1. The van der Waals surface area contributed by atoms with Crippen LogP contribution in [-0.4, -0.2) is 34.4 Å². The minimum atomic E-state index is -1.68. The Hall–Kier alpha value is -1.43. The summed E-state index contributed by atoms with van der Waals surface area (Å²) in [5, 5.41) is 0. The van der Waals surface area contributed by atoms with Gasteiger partial charge in [0.15, 0.2) is 0 Å². The summed E-state index contributed by atoms with van der Waals surface area (Å²) in [7, 11) is -0.0673. The number of anilines is 1. The van der Waals surface area contributed by atoms with Crippen LogP contribution in [0.2, 0.25) is 0 Å². The molecule has 0 aliphatic carbocycles. The third-order valence-corrected chi connectivity index (χ3v) is 3.69. The van der Waals surface area contributed by atoms with E-state index in [0.29, 0.717) is 6.54 Å². The lowest BCUT2D eigenvalue weighted by Gasteiger charge is -2.14. The maximum atomic E-state index is 13.4. The number of hydrogen-bond acceptors (Lipinski definition) is 3. The second kappa shape index (κ2) is 5.77. The largest absolute Gasteiger partial charge is 0.399 e. The van der Waals surface area contributed by atoms with Crippen molar-refractivity contribution in [1.29, 1.82) is 0 Å². The first kappa shape index (κ1) is 13.6. The van der Waals surface area contributed by atoms with Crippen LogP contribution < -0.4 is 5.73 Å².